The van der Waals surface area contributed by atoms with Crippen LogP contribution in [0.1, 0.15) is 15.9 Å². The number of allylic oxidation sites excluding steroid dienone is 1. The molecule has 0 N–H and O–H groups in total. The summed E-state index contributed by atoms with van der Waals surface area (Å²) in [6.45, 7) is 2.01. The third-order valence-corrected chi connectivity index (χ3v) is 3.32. The standard InChI is InChI=1S/C16H14OS/c1-13-7-9-14(10-8-13)16(17)11-12-18-15-5-3-2-4-6-15/h2-12H,1H3/b12-11+. The SMILES string of the molecule is Cc1ccc(C(=O)/C=C/Sc2ccccc2)cc1. The quantitative estimate of drug-likeness (QED) is 0.454. The van der Waals surface area contributed by atoms with E-state index < -0.39 is 0 Å². The van der Waals surface area contributed by atoms with Gasteiger partial charge in [-0.15, -0.1) is 0 Å². The molecule has 0 aliphatic carbocycles. The van der Waals surface area contributed by atoms with E-state index in [1.54, 1.807) is 17.8 Å². The van der Waals surface area contributed by atoms with Gasteiger partial charge in [-0.2, -0.15) is 0 Å². The second kappa shape index (κ2) is 6.22. The molecule has 0 radical (unpaired) electrons. The summed E-state index contributed by atoms with van der Waals surface area (Å²) >= 11 is 1.55. The number of hydrogen-bond donors (Lipinski definition) is 0. The van der Waals surface area contributed by atoms with Gasteiger partial charge < -0.3 is 0 Å². The molecule has 0 unspecified atom stereocenters. The maximum Gasteiger partial charge on any atom is 0.186 e. The first kappa shape index (κ1) is 12.7. The molecule has 0 fully saturated rings. The van der Waals surface area contributed by atoms with Crippen molar-refractivity contribution in [2.24, 2.45) is 0 Å². The summed E-state index contributed by atoms with van der Waals surface area (Å²) in [6.07, 6.45) is 1.61. The largest absolute Gasteiger partial charge is 0.289 e. The van der Waals surface area contributed by atoms with Crippen molar-refractivity contribution in [3.05, 3.63) is 77.2 Å². The van der Waals surface area contributed by atoms with Gasteiger partial charge in [0.2, 0.25) is 0 Å². The maximum absolute atomic E-state index is 11.8. The van der Waals surface area contributed by atoms with E-state index in [0.717, 1.165) is 16.0 Å². The van der Waals surface area contributed by atoms with Gasteiger partial charge in [-0.25, -0.2) is 0 Å². The predicted octanol–water partition coefficient (Wildman–Crippen LogP) is 4.48. The molecule has 0 aromatic heterocycles. The molecular weight excluding hydrogens is 240 g/mol. The lowest BCUT2D eigenvalue weighted by molar-refractivity contribution is 0.104. The van der Waals surface area contributed by atoms with Gasteiger partial charge in [0.1, 0.15) is 0 Å². The van der Waals surface area contributed by atoms with Gasteiger partial charge in [0.15, 0.2) is 5.78 Å². The van der Waals surface area contributed by atoms with Gasteiger partial charge in [0.05, 0.1) is 0 Å². The molecule has 0 heterocycles. The van der Waals surface area contributed by atoms with E-state index in [1.807, 2.05) is 66.9 Å². The summed E-state index contributed by atoms with van der Waals surface area (Å²) in [7, 11) is 0. The molecule has 90 valence electrons. The van der Waals surface area contributed by atoms with Crippen LogP contribution in [-0.4, -0.2) is 5.78 Å². The van der Waals surface area contributed by atoms with Crippen LogP contribution in [0.2, 0.25) is 0 Å². The summed E-state index contributed by atoms with van der Waals surface area (Å²) in [5, 5.41) is 1.83. The molecular formula is C16H14OS. The highest BCUT2D eigenvalue weighted by Crippen LogP contribution is 2.18. The Bertz CT molecular complexity index is 541. The van der Waals surface area contributed by atoms with Gasteiger partial charge in [-0.3, -0.25) is 4.79 Å². The summed E-state index contributed by atoms with van der Waals surface area (Å²) in [6, 6.07) is 17.6. The molecule has 2 heteroatoms. The number of hydrogen-bond acceptors (Lipinski definition) is 2. The number of ketones is 1. The average molecular weight is 254 g/mol. The fourth-order valence-corrected chi connectivity index (χ4v) is 2.15. The van der Waals surface area contributed by atoms with Crippen LogP contribution in [0.3, 0.4) is 0 Å². The van der Waals surface area contributed by atoms with Gasteiger partial charge in [0.25, 0.3) is 0 Å². The lowest BCUT2D eigenvalue weighted by Crippen LogP contribution is -1.93. The number of carbonyl (C=O) groups is 1. The number of carbonyl (C=O) groups excluding carboxylic acids is 1. The first-order chi connectivity index (χ1) is 8.75. The summed E-state index contributed by atoms with van der Waals surface area (Å²) in [5.41, 5.74) is 1.89. The topological polar surface area (TPSA) is 17.1 Å². The average Bonchev–Trinajstić information content (AvgIpc) is 2.40. The van der Waals surface area contributed by atoms with Crippen molar-refractivity contribution < 1.29 is 4.79 Å². The van der Waals surface area contributed by atoms with Gasteiger partial charge in [-0.1, -0.05) is 59.8 Å². The van der Waals surface area contributed by atoms with E-state index in [2.05, 4.69) is 0 Å². The highest BCUT2D eigenvalue weighted by molar-refractivity contribution is 8.02. The van der Waals surface area contributed by atoms with Crippen LogP contribution in [0, 0.1) is 6.92 Å². The number of rotatable bonds is 4. The van der Waals surface area contributed by atoms with Crippen LogP contribution in [0.15, 0.2) is 71.0 Å². The van der Waals surface area contributed by atoms with E-state index in [9.17, 15) is 4.79 Å². The Morgan fingerprint density at radius 1 is 1.00 bits per heavy atom. The Kier molecular flexibility index (Phi) is 4.37. The minimum atomic E-state index is 0.0402. The smallest absolute Gasteiger partial charge is 0.186 e. The lowest BCUT2D eigenvalue weighted by Gasteiger charge is -1.97. The van der Waals surface area contributed by atoms with Crippen molar-refractivity contribution in [2.45, 2.75) is 11.8 Å². The minimum Gasteiger partial charge on any atom is -0.289 e. The Balaban J connectivity index is 1.97. The molecule has 1 nitrogen and oxygen atoms in total. The number of thioether (sulfide) groups is 1. The molecule has 2 rings (SSSR count). The molecule has 2 aromatic carbocycles. The second-order valence-corrected chi connectivity index (χ2v) is 4.94. The highest BCUT2D eigenvalue weighted by atomic mass is 32.2. The molecule has 0 saturated heterocycles. The van der Waals surface area contributed by atoms with E-state index in [-0.39, 0.29) is 5.78 Å². The second-order valence-electron chi connectivity index (χ2n) is 3.96. The fraction of sp³-hybridized carbons (Fsp3) is 0.0625. The molecule has 0 atom stereocenters. The summed E-state index contributed by atoms with van der Waals surface area (Å²) in [4.78, 5) is 13.0. The van der Waals surface area contributed by atoms with Crippen molar-refractivity contribution in [1.29, 1.82) is 0 Å². The molecule has 2 aromatic rings. The van der Waals surface area contributed by atoms with Gasteiger partial charge >= 0.3 is 0 Å². The van der Waals surface area contributed by atoms with Gasteiger partial charge in [-0.05, 0) is 30.5 Å². The zero-order chi connectivity index (χ0) is 12.8. The van der Waals surface area contributed by atoms with Gasteiger partial charge in [0, 0.05) is 10.5 Å². The van der Waals surface area contributed by atoms with Crippen LogP contribution < -0.4 is 0 Å². The van der Waals surface area contributed by atoms with E-state index in [1.165, 1.54) is 0 Å². The molecule has 0 saturated carbocycles. The predicted molar refractivity (Wildman–Crippen MR) is 76.9 cm³/mol. The molecule has 0 aliphatic rings. The maximum atomic E-state index is 11.8. The lowest BCUT2D eigenvalue weighted by atomic mass is 10.1. The van der Waals surface area contributed by atoms with E-state index >= 15 is 0 Å². The van der Waals surface area contributed by atoms with E-state index in [0.29, 0.717) is 0 Å². The summed E-state index contributed by atoms with van der Waals surface area (Å²) < 4.78 is 0. The highest BCUT2D eigenvalue weighted by Gasteiger charge is 2.00. The monoisotopic (exact) mass is 254 g/mol. The van der Waals surface area contributed by atoms with Crippen molar-refractivity contribution in [3.8, 4) is 0 Å². The third-order valence-electron chi connectivity index (χ3n) is 2.50. The number of benzene rings is 2. The first-order valence-corrected chi connectivity index (χ1v) is 6.63. The summed E-state index contributed by atoms with van der Waals surface area (Å²) in [5.74, 6) is 0.0402. The molecule has 0 spiro atoms. The normalized spacial score (nSPS) is 10.7. The van der Waals surface area contributed by atoms with Crippen molar-refractivity contribution in [3.63, 3.8) is 0 Å². The molecule has 0 bridgehead atoms. The number of aryl methyl sites for hydroxylation is 1. The Morgan fingerprint density at radius 3 is 2.33 bits per heavy atom. The zero-order valence-electron chi connectivity index (χ0n) is 10.2. The van der Waals surface area contributed by atoms with Crippen LogP contribution in [0.4, 0.5) is 0 Å². The van der Waals surface area contributed by atoms with Crippen LogP contribution in [0.5, 0.6) is 0 Å². The van der Waals surface area contributed by atoms with Crippen molar-refractivity contribution >= 4 is 17.5 Å². The first-order valence-electron chi connectivity index (χ1n) is 5.75. The Labute approximate surface area is 112 Å². The van der Waals surface area contributed by atoms with Crippen LogP contribution in [-0.2, 0) is 0 Å². The molecule has 0 amide bonds. The van der Waals surface area contributed by atoms with Crippen LogP contribution >= 0.6 is 11.8 Å². The fourth-order valence-electron chi connectivity index (χ4n) is 1.49. The minimum absolute atomic E-state index is 0.0402. The molecule has 18 heavy (non-hydrogen) atoms. The zero-order valence-corrected chi connectivity index (χ0v) is 11.0. The van der Waals surface area contributed by atoms with Crippen LogP contribution in [0.25, 0.3) is 0 Å². The molecule has 0 aliphatic heterocycles. The van der Waals surface area contributed by atoms with Crippen molar-refractivity contribution in [1.82, 2.24) is 0 Å². The Hall–Kier alpha value is -1.80. The third kappa shape index (κ3) is 3.60. The van der Waals surface area contributed by atoms with E-state index in [4.69, 9.17) is 0 Å². The Morgan fingerprint density at radius 2 is 1.67 bits per heavy atom. The van der Waals surface area contributed by atoms with Crippen molar-refractivity contribution in [2.75, 3.05) is 0 Å².